The predicted molar refractivity (Wildman–Crippen MR) is 64.3 cm³/mol. The van der Waals surface area contributed by atoms with Crippen LogP contribution in [0.2, 0.25) is 0 Å². The number of amides is 2. The number of halogens is 2. The van der Waals surface area contributed by atoms with E-state index in [0.717, 1.165) is 4.90 Å². The summed E-state index contributed by atoms with van der Waals surface area (Å²) in [5.41, 5.74) is 0.686. The van der Waals surface area contributed by atoms with E-state index in [2.05, 4.69) is 5.32 Å². The van der Waals surface area contributed by atoms with Gasteiger partial charge in [0.25, 0.3) is 6.43 Å². The highest BCUT2D eigenvalue weighted by molar-refractivity contribution is 5.87. The third-order valence-electron chi connectivity index (χ3n) is 2.38. The number of alkyl halides is 2. The van der Waals surface area contributed by atoms with E-state index < -0.39 is 25.0 Å². The molecule has 1 aromatic rings. The molecule has 0 unspecified atom stereocenters. The fraction of sp³-hybridized carbons (Fsp3) is 0.333. The molecule has 0 aliphatic heterocycles. The van der Waals surface area contributed by atoms with Gasteiger partial charge in [0, 0.05) is 13.6 Å². The summed E-state index contributed by atoms with van der Waals surface area (Å²) in [6, 6.07) is 5.39. The maximum Gasteiger partial charge on any atom is 0.335 e. The van der Waals surface area contributed by atoms with Gasteiger partial charge in [-0.1, -0.05) is 12.1 Å². The van der Waals surface area contributed by atoms with Crippen LogP contribution in [0.5, 0.6) is 0 Å². The Hall–Kier alpha value is -2.18. The average molecular weight is 272 g/mol. The molecule has 1 rings (SSSR count). The first-order valence-corrected chi connectivity index (χ1v) is 5.49. The number of hydrogen-bond donors (Lipinski definition) is 2. The van der Waals surface area contributed by atoms with Crippen molar-refractivity contribution >= 4 is 12.0 Å². The summed E-state index contributed by atoms with van der Waals surface area (Å²) in [7, 11) is 1.26. The first-order valence-electron chi connectivity index (χ1n) is 5.49. The molecule has 2 N–H and O–H groups in total. The Balaban J connectivity index is 2.54. The number of hydrogen-bond acceptors (Lipinski definition) is 2. The molecule has 0 spiro atoms. The normalized spacial score (nSPS) is 10.3. The fourth-order valence-corrected chi connectivity index (χ4v) is 1.42. The number of nitrogens with one attached hydrogen (secondary N) is 1. The summed E-state index contributed by atoms with van der Waals surface area (Å²) in [5, 5.41) is 11.2. The molecule has 2 amide bonds. The molecule has 19 heavy (non-hydrogen) atoms. The van der Waals surface area contributed by atoms with Gasteiger partial charge in [0.2, 0.25) is 0 Å². The van der Waals surface area contributed by atoms with Crippen LogP contribution in [0.25, 0.3) is 0 Å². The summed E-state index contributed by atoms with van der Waals surface area (Å²) >= 11 is 0. The number of nitrogens with zero attached hydrogens (tertiary/aromatic N) is 1. The lowest BCUT2D eigenvalue weighted by Crippen LogP contribution is -2.39. The third kappa shape index (κ3) is 4.90. The molecule has 1 aromatic carbocycles. The number of carboxylic acids is 1. The molecule has 0 heterocycles. The Labute approximate surface area is 108 Å². The average Bonchev–Trinajstić information content (AvgIpc) is 2.35. The van der Waals surface area contributed by atoms with E-state index in [4.69, 9.17) is 5.11 Å². The topological polar surface area (TPSA) is 69.6 Å². The zero-order chi connectivity index (χ0) is 14.4. The van der Waals surface area contributed by atoms with Crippen molar-refractivity contribution in [3.8, 4) is 0 Å². The summed E-state index contributed by atoms with van der Waals surface area (Å²) in [4.78, 5) is 23.0. The molecule has 5 nitrogen and oxygen atoms in total. The minimum absolute atomic E-state index is 0.0769. The highest BCUT2D eigenvalue weighted by atomic mass is 19.3. The lowest BCUT2D eigenvalue weighted by molar-refractivity contribution is 0.0696. The van der Waals surface area contributed by atoms with Crippen molar-refractivity contribution in [1.82, 2.24) is 10.2 Å². The number of carbonyl (C=O) groups is 2. The monoisotopic (exact) mass is 272 g/mol. The van der Waals surface area contributed by atoms with E-state index in [9.17, 15) is 18.4 Å². The van der Waals surface area contributed by atoms with Gasteiger partial charge in [-0.15, -0.1) is 0 Å². The number of carboxylic acid groups (broad SMARTS) is 1. The van der Waals surface area contributed by atoms with Crippen molar-refractivity contribution in [3.63, 3.8) is 0 Å². The van der Waals surface area contributed by atoms with E-state index >= 15 is 0 Å². The van der Waals surface area contributed by atoms with Crippen molar-refractivity contribution < 1.29 is 23.5 Å². The van der Waals surface area contributed by atoms with Crippen LogP contribution in [0.4, 0.5) is 13.6 Å². The van der Waals surface area contributed by atoms with Crippen molar-refractivity contribution in [2.24, 2.45) is 0 Å². The second-order valence-electron chi connectivity index (χ2n) is 3.94. The molecule has 7 heteroatoms. The molecule has 0 saturated carbocycles. The molecule has 0 radical (unpaired) electrons. The van der Waals surface area contributed by atoms with Crippen molar-refractivity contribution in [3.05, 3.63) is 35.4 Å². The number of benzene rings is 1. The van der Waals surface area contributed by atoms with Crippen LogP contribution in [-0.4, -0.2) is 42.0 Å². The first kappa shape index (κ1) is 14.9. The van der Waals surface area contributed by atoms with E-state index in [1.54, 1.807) is 12.1 Å². The van der Waals surface area contributed by atoms with E-state index in [-0.39, 0.29) is 12.1 Å². The van der Waals surface area contributed by atoms with Crippen LogP contribution in [-0.2, 0) is 6.54 Å². The van der Waals surface area contributed by atoms with Gasteiger partial charge in [0.15, 0.2) is 0 Å². The molecule has 0 aromatic heterocycles. The maximum absolute atomic E-state index is 12.1. The lowest BCUT2D eigenvalue weighted by atomic mass is 10.1. The molecular weight excluding hydrogens is 258 g/mol. The Morgan fingerprint density at radius 3 is 2.68 bits per heavy atom. The van der Waals surface area contributed by atoms with E-state index in [1.807, 2.05) is 0 Å². The second kappa shape index (κ2) is 6.67. The van der Waals surface area contributed by atoms with Gasteiger partial charge in [-0.05, 0) is 17.7 Å². The van der Waals surface area contributed by atoms with Crippen LogP contribution < -0.4 is 5.32 Å². The zero-order valence-corrected chi connectivity index (χ0v) is 10.3. The Morgan fingerprint density at radius 2 is 2.11 bits per heavy atom. The minimum Gasteiger partial charge on any atom is -0.478 e. The van der Waals surface area contributed by atoms with Gasteiger partial charge >= 0.3 is 12.0 Å². The van der Waals surface area contributed by atoms with Crippen LogP contribution in [0, 0.1) is 0 Å². The van der Waals surface area contributed by atoms with Crippen LogP contribution in [0.1, 0.15) is 15.9 Å². The van der Waals surface area contributed by atoms with Crippen LogP contribution in [0.3, 0.4) is 0 Å². The second-order valence-corrected chi connectivity index (χ2v) is 3.94. The fourth-order valence-electron chi connectivity index (χ4n) is 1.42. The molecule has 0 bridgehead atoms. The first-order chi connectivity index (χ1) is 8.90. The van der Waals surface area contributed by atoms with E-state index in [1.165, 1.54) is 19.2 Å². The largest absolute Gasteiger partial charge is 0.478 e. The molecule has 0 fully saturated rings. The van der Waals surface area contributed by atoms with Crippen molar-refractivity contribution in [1.29, 1.82) is 0 Å². The smallest absolute Gasteiger partial charge is 0.335 e. The van der Waals surface area contributed by atoms with Gasteiger partial charge in [-0.2, -0.15) is 0 Å². The third-order valence-corrected chi connectivity index (χ3v) is 2.38. The van der Waals surface area contributed by atoms with Gasteiger partial charge in [0.1, 0.15) is 0 Å². The summed E-state index contributed by atoms with van der Waals surface area (Å²) < 4.78 is 24.1. The maximum atomic E-state index is 12.1. The Kier molecular flexibility index (Phi) is 5.23. The van der Waals surface area contributed by atoms with Crippen LogP contribution in [0.15, 0.2) is 24.3 Å². The highest BCUT2D eigenvalue weighted by Crippen LogP contribution is 2.05. The molecule has 0 aliphatic rings. The van der Waals surface area contributed by atoms with E-state index in [0.29, 0.717) is 5.56 Å². The van der Waals surface area contributed by atoms with Crippen molar-refractivity contribution in [2.45, 2.75) is 13.0 Å². The summed E-state index contributed by atoms with van der Waals surface area (Å²) in [6.07, 6.45) is -2.59. The summed E-state index contributed by atoms with van der Waals surface area (Å²) in [5.74, 6) is -1.07. The van der Waals surface area contributed by atoms with Gasteiger partial charge in [-0.25, -0.2) is 18.4 Å². The Bertz CT molecular complexity index is 466. The molecule has 104 valence electrons. The minimum atomic E-state index is -2.59. The number of rotatable bonds is 5. The highest BCUT2D eigenvalue weighted by Gasteiger charge is 2.13. The van der Waals surface area contributed by atoms with Gasteiger partial charge in [-0.3, -0.25) is 0 Å². The standard InChI is InChI=1S/C12H14F2N2O3/c1-16(7-10(13)14)12(19)15-6-8-3-2-4-9(5-8)11(17)18/h2-5,10H,6-7H2,1H3,(H,15,19)(H,17,18). The van der Waals surface area contributed by atoms with Gasteiger partial charge < -0.3 is 15.3 Å². The molecule has 0 saturated heterocycles. The SMILES string of the molecule is CN(CC(F)F)C(=O)NCc1cccc(C(=O)O)c1. The van der Waals surface area contributed by atoms with Crippen LogP contribution >= 0.6 is 0 Å². The Morgan fingerprint density at radius 1 is 1.42 bits per heavy atom. The molecule has 0 aliphatic carbocycles. The quantitative estimate of drug-likeness (QED) is 0.858. The van der Waals surface area contributed by atoms with Gasteiger partial charge in [0.05, 0.1) is 12.1 Å². The molecule has 0 atom stereocenters. The number of urea groups is 1. The zero-order valence-electron chi connectivity index (χ0n) is 10.3. The number of carbonyl (C=O) groups excluding carboxylic acids is 1. The number of aromatic carboxylic acids is 1. The predicted octanol–water partition coefficient (Wildman–Crippen LogP) is 1.79. The summed E-state index contributed by atoms with van der Waals surface area (Å²) in [6.45, 7) is -0.575. The van der Waals surface area contributed by atoms with Crippen molar-refractivity contribution in [2.75, 3.05) is 13.6 Å². The lowest BCUT2D eigenvalue weighted by Gasteiger charge is -2.17. The molecular formula is C12H14F2N2O3.